The minimum absolute atomic E-state index is 0.420. The molecule has 5 nitrogen and oxygen atoms in total. The molecule has 1 aromatic rings. The molecule has 2 N–H and O–H groups in total. The summed E-state index contributed by atoms with van der Waals surface area (Å²) in [6, 6.07) is 9.19. The molecule has 132 valence electrons. The van der Waals surface area contributed by atoms with Crippen LogP contribution in [0, 0.1) is 0 Å². The molecule has 0 aromatic heterocycles. The zero-order valence-corrected chi connectivity index (χ0v) is 15.0. The molecule has 2 atom stereocenters. The maximum Gasteiger partial charge on any atom is 0.412 e. The molecule has 2 saturated heterocycles. The van der Waals surface area contributed by atoms with Gasteiger partial charge in [0, 0.05) is 30.0 Å². The van der Waals surface area contributed by atoms with Crippen molar-refractivity contribution in [2.24, 2.45) is 0 Å². The number of hydrogen-bond donors (Lipinski definition) is 2. The van der Waals surface area contributed by atoms with E-state index in [0.29, 0.717) is 6.04 Å². The number of nitrogens with zero attached hydrogens (tertiary/aromatic N) is 1. The standard InChI is InChI=1S/C19H29N3O2/c1-19(2,3)24-18(23)21-15-8-6-14(7-9-15)20-16-10-12-22-11-4-5-17(22)13-16/h6-9,16-17,20H,4-5,10-13H2,1-3H3,(H,21,23)/t16-,17-/m0/s1. The Bertz CT molecular complexity index is 565. The number of fused-ring (bicyclic) bond motifs is 1. The summed E-state index contributed by atoms with van der Waals surface area (Å²) in [6.07, 6.45) is 4.71. The Morgan fingerprint density at radius 2 is 1.83 bits per heavy atom. The van der Waals surface area contributed by atoms with Gasteiger partial charge in [0.1, 0.15) is 5.60 Å². The molecule has 2 aliphatic rings. The lowest BCUT2D eigenvalue weighted by Crippen LogP contribution is -2.42. The van der Waals surface area contributed by atoms with E-state index in [1.54, 1.807) is 0 Å². The zero-order valence-electron chi connectivity index (χ0n) is 15.0. The van der Waals surface area contributed by atoms with E-state index in [0.717, 1.165) is 17.4 Å². The number of hydrogen-bond acceptors (Lipinski definition) is 4. The molecule has 1 amide bonds. The normalized spacial score (nSPS) is 24.3. The summed E-state index contributed by atoms with van der Waals surface area (Å²) in [5.74, 6) is 0. The number of benzene rings is 1. The summed E-state index contributed by atoms with van der Waals surface area (Å²) in [5, 5.41) is 6.41. The van der Waals surface area contributed by atoms with Gasteiger partial charge in [0.2, 0.25) is 0 Å². The van der Waals surface area contributed by atoms with Crippen LogP contribution < -0.4 is 10.6 Å². The molecule has 2 fully saturated rings. The number of nitrogens with one attached hydrogen (secondary N) is 2. The predicted molar refractivity (Wildman–Crippen MR) is 97.5 cm³/mol. The number of amides is 1. The molecular weight excluding hydrogens is 302 g/mol. The smallest absolute Gasteiger partial charge is 0.412 e. The van der Waals surface area contributed by atoms with Crippen LogP contribution in [0.3, 0.4) is 0 Å². The first-order valence-electron chi connectivity index (χ1n) is 9.00. The molecule has 2 heterocycles. The number of rotatable bonds is 3. The minimum Gasteiger partial charge on any atom is -0.444 e. The fourth-order valence-electron chi connectivity index (χ4n) is 3.66. The quantitative estimate of drug-likeness (QED) is 0.876. The van der Waals surface area contributed by atoms with E-state index >= 15 is 0 Å². The second-order valence-electron chi connectivity index (χ2n) is 7.90. The van der Waals surface area contributed by atoms with Gasteiger partial charge in [-0.05, 0) is 77.3 Å². The summed E-state index contributed by atoms with van der Waals surface area (Å²) in [6.45, 7) is 8.06. The Hall–Kier alpha value is -1.75. The van der Waals surface area contributed by atoms with Gasteiger partial charge in [0.05, 0.1) is 0 Å². The van der Waals surface area contributed by atoms with Gasteiger partial charge in [-0.15, -0.1) is 0 Å². The maximum atomic E-state index is 11.8. The van der Waals surface area contributed by atoms with Gasteiger partial charge < -0.3 is 15.0 Å². The van der Waals surface area contributed by atoms with Crippen molar-refractivity contribution in [3.8, 4) is 0 Å². The molecule has 2 aliphatic heterocycles. The second kappa shape index (κ2) is 7.01. The largest absolute Gasteiger partial charge is 0.444 e. The van der Waals surface area contributed by atoms with Crippen LogP contribution in [0.2, 0.25) is 0 Å². The highest BCUT2D eigenvalue weighted by atomic mass is 16.6. The molecule has 5 heteroatoms. The Morgan fingerprint density at radius 1 is 1.12 bits per heavy atom. The molecule has 0 bridgehead atoms. The van der Waals surface area contributed by atoms with Crippen molar-refractivity contribution < 1.29 is 9.53 Å². The maximum absolute atomic E-state index is 11.8. The molecule has 0 saturated carbocycles. The van der Waals surface area contributed by atoms with Crippen molar-refractivity contribution in [3.05, 3.63) is 24.3 Å². The second-order valence-corrected chi connectivity index (χ2v) is 7.90. The highest BCUT2D eigenvalue weighted by Crippen LogP contribution is 2.28. The van der Waals surface area contributed by atoms with Gasteiger partial charge in [-0.1, -0.05) is 0 Å². The predicted octanol–water partition coefficient (Wildman–Crippen LogP) is 4.07. The van der Waals surface area contributed by atoms with Crippen molar-refractivity contribution in [3.63, 3.8) is 0 Å². The monoisotopic (exact) mass is 331 g/mol. The van der Waals surface area contributed by atoms with Gasteiger partial charge in [0.15, 0.2) is 0 Å². The SMILES string of the molecule is CC(C)(C)OC(=O)Nc1ccc(N[C@H]2CCN3CCC[C@H]3C2)cc1. The Balaban J connectivity index is 1.50. The first-order chi connectivity index (χ1) is 11.4. The first-order valence-corrected chi connectivity index (χ1v) is 9.00. The topological polar surface area (TPSA) is 53.6 Å². The van der Waals surface area contributed by atoms with Crippen molar-refractivity contribution in [2.45, 2.75) is 64.1 Å². The van der Waals surface area contributed by atoms with Crippen LogP contribution in [0.25, 0.3) is 0 Å². The van der Waals surface area contributed by atoms with Crippen LogP contribution >= 0.6 is 0 Å². The number of ether oxygens (including phenoxy) is 1. The van der Waals surface area contributed by atoms with E-state index < -0.39 is 11.7 Å². The Morgan fingerprint density at radius 3 is 2.54 bits per heavy atom. The van der Waals surface area contributed by atoms with E-state index in [-0.39, 0.29) is 0 Å². The molecule has 3 rings (SSSR count). The van der Waals surface area contributed by atoms with E-state index in [1.165, 1.54) is 38.8 Å². The van der Waals surface area contributed by atoms with Crippen molar-refractivity contribution >= 4 is 17.5 Å². The molecule has 0 spiro atoms. The number of anilines is 2. The number of piperidine rings is 1. The number of carbonyl (C=O) groups excluding carboxylic acids is 1. The van der Waals surface area contributed by atoms with Gasteiger partial charge in [-0.3, -0.25) is 5.32 Å². The fourth-order valence-corrected chi connectivity index (χ4v) is 3.66. The molecular formula is C19H29N3O2. The Labute approximate surface area is 144 Å². The summed E-state index contributed by atoms with van der Waals surface area (Å²) in [4.78, 5) is 14.4. The highest BCUT2D eigenvalue weighted by Gasteiger charge is 2.31. The Kier molecular flexibility index (Phi) is 4.99. The van der Waals surface area contributed by atoms with E-state index in [2.05, 4.69) is 15.5 Å². The van der Waals surface area contributed by atoms with Gasteiger partial charge in [-0.2, -0.15) is 0 Å². The molecule has 0 aliphatic carbocycles. The van der Waals surface area contributed by atoms with Gasteiger partial charge >= 0.3 is 6.09 Å². The van der Waals surface area contributed by atoms with Crippen LogP contribution in [0.1, 0.15) is 46.5 Å². The molecule has 0 unspecified atom stereocenters. The average molecular weight is 331 g/mol. The molecule has 1 aromatic carbocycles. The van der Waals surface area contributed by atoms with Crippen LogP contribution in [0.5, 0.6) is 0 Å². The lowest BCUT2D eigenvalue weighted by molar-refractivity contribution is 0.0636. The molecule has 0 radical (unpaired) electrons. The minimum atomic E-state index is -0.485. The number of carbonyl (C=O) groups is 1. The lowest BCUT2D eigenvalue weighted by Gasteiger charge is -2.35. The van der Waals surface area contributed by atoms with E-state index in [1.807, 2.05) is 45.0 Å². The average Bonchev–Trinajstić information content (AvgIpc) is 2.95. The third kappa shape index (κ3) is 4.63. The van der Waals surface area contributed by atoms with E-state index in [9.17, 15) is 4.79 Å². The van der Waals surface area contributed by atoms with Crippen molar-refractivity contribution in [2.75, 3.05) is 23.7 Å². The summed E-state index contributed by atoms with van der Waals surface area (Å²) in [5.41, 5.74) is 1.38. The van der Waals surface area contributed by atoms with Crippen LogP contribution in [0.4, 0.5) is 16.2 Å². The van der Waals surface area contributed by atoms with Crippen molar-refractivity contribution in [1.29, 1.82) is 0 Å². The summed E-state index contributed by atoms with van der Waals surface area (Å²) < 4.78 is 5.26. The first kappa shape index (κ1) is 17.1. The van der Waals surface area contributed by atoms with E-state index in [4.69, 9.17) is 4.74 Å². The lowest BCUT2D eigenvalue weighted by atomic mass is 9.97. The third-order valence-electron chi connectivity index (χ3n) is 4.72. The van der Waals surface area contributed by atoms with Crippen molar-refractivity contribution in [1.82, 2.24) is 4.90 Å². The van der Waals surface area contributed by atoms with Gasteiger partial charge in [-0.25, -0.2) is 4.79 Å². The van der Waals surface area contributed by atoms with Crippen LogP contribution in [-0.4, -0.2) is 41.8 Å². The molecule has 24 heavy (non-hydrogen) atoms. The summed E-state index contributed by atoms with van der Waals surface area (Å²) in [7, 11) is 0. The third-order valence-corrected chi connectivity index (χ3v) is 4.72. The fraction of sp³-hybridized carbons (Fsp3) is 0.632. The van der Waals surface area contributed by atoms with Crippen LogP contribution in [-0.2, 0) is 4.74 Å². The van der Waals surface area contributed by atoms with Crippen LogP contribution in [0.15, 0.2) is 24.3 Å². The van der Waals surface area contributed by atoms with Gasteiger partial charge in [0.25, 0.3) is 0 Å². The summed E-state index contributed by atoms with van der Waals surface area (Å²) >= 11 is 0. The zero-order chi connectivity index (χ0) is 17.2. The highest BCUT2D eigenvalue weighted by molar-refractivity contribution is 5.85.